The number of carbonyl (C=O) groups is 2. The van der Waals surface area contributed by atoms with Gasteiger partial charge in [-0.15, -0.1) is 0 Å². The van der Waals surface area contributed by atoms with Gasteiger partial charge in [0.05, 0.1) is 6.61 Å². The topological polar surface area (TPSA) is 72.8 Å². The fourth-order valence-corrected chi connectivity index (χ4v) is 0.476. The summed E-state index contributed by atoms with van der Waals surface area (Å²) in [5.41, 5.74) is 0.304. The Morgan fingerprint density at radius 2 is 2.00 bits per heavy atom. The van der Waals surface area contributed by atoms with E-state index in [1.807, 2.05) is 0 Å². The summed E-state index contributed by atoms with van der Waals surface area (Å²) in [5, 5.41) is 8.16. The van der Waals surface area contributed by atoms with Crippen molar-refractivity contribution in [2.75, 3.05) is 19.8 Å². The molecule has 0 saturated heterocycles. The molecule has 74 valence electrons. The van der Waals surface area contributed by atoms with Crippen LogP contribution in [-0.2, 0) is 19.1 Å². The summed E-state index contributed by atoms with van der Waals surface area (Å²) in [6.07, 6.45) is 0. The minimum Gasteiger partial charge on any atom is -0.480 e. The molecular weight excluding hydrogens is 176 g/mol. The maximum absolute atomic E-state index is 10.7. The molecule has 0 fully saturated rings. The summed E-state index contributed by atoms with van der Waals surface area (Å²) in [5.74, 6) is -1.55. The molecule has 0 aromatic rings. The minimum atomic E-state index is -1.05. The lowest BCUT2D eigenvalue weighted by Crippen LogP contribution is -2.14. The van der Waals surface area contributed by atoms with Gasteiger partial charge < -0.3 is 14.6 Å². The van der Waals surface area contributed by atoms with Crippen molar-refractivity contribution >= 4 is 11.9 Å². The molecule has 0 atom stereocenters. The number of carbonyl (C=O) groups excluding carboxylic acids is 1. The third-order valence-corrected chi connectivity index (χ3v) is 1.03. The zero-order valence-electron chi connectivity index (χ0n) is 7.41. The summed E-state index contributed by atoms with van der Waals surface area (Å²) in [6, 6.07) is 0. The third-order valence-electron chi connectivity index (χ3n) is 1.03. The van der Waals surface area contributed by atoms with Crippen LogP contribution in [0.4, 0.5) is 0 Å². The average molecular weight is 188 g/mol. The molecule has 5 heteroatoms. The van der Waals surface area contributed by atoms with Crippen molar-refractivity contribution in [3.05, 3.63) is 12.2 Å². The van der Waals surface area contributed by atoms with Crippen molar-refractivity contribution in [3.8, 4) is 0 Å². The molecule has 0 aliphatic heterocycles. The molecule has 13 heavy (non-hydrogen) atoms. The summed E-state index contributed by atoms with van der Waals surface area (Å²) >= 11 is 0. The van der Waals surface area contributed by atoms with E-state index in [1.54, 1.807) is 0 Å². The van der Waals surface area contributed by atoms with Crippen molar-refractivity contribution in [1.82, 2.24) is 0 Å². The summed E-state index contributed by atoms with van der Waals surface area (Å²) < 4.78 is 9.25. The Morgan fingerprint density at radius 3 is 2.46 bits per heavy atom. The molecule has 0 radical (unpaired) electrons. The molecule has 0 unspecified atom stereocenters. The fourth-order valence-electron chi connectivity index (χ4n) is 0.476. The van der Waals surface area contributed by atoms with Gasteiger partial charge in [-0.1, -0.05) is 6.58 Å². The Kier molecular flexibility index (Phi) is 5.54. The first-order valence-electron chi connectivity index (χ1n) is 3.66. The second-order valence-corrected chi connectivity index (χ2v) is 2.36. The van der Waals surface area contributed by atoms with E-state index in [-0.39, 0.29) is 19.8 Å². The number of rotatable bonds is 6. The Bertz CT molecular complexity index is 209. The Labute approximate surface area is 75.9 Å². The van der Waals surface area contributed by atoms with Gasteiger partial charge in [0.15, 0.2) is 0 Å². The quantitative estimate of drug-likeness (QED) is 0.366. The molecule has 0 aliphatic rings. The Morgan fingerprint density at radius 1 is 1.38 bits per heavy atom. The van der Waals surface area contributed by atoms with Gasteiger partial charge in [-0.25, -0.2) is 9.59 Å². The highest BCUT2D eigenvalue weighted by Crippen LogP contribution is 1.91. The molecule has 0 bridgehead atoms. The molecule has 0 aliphatic carbocycles. The molecule has 0 saturated carbocycles. The number of carboxylic acids is 1. The lowest BCUT2D eigenvalue weighted by molar-refractivity contribution is -0.144. The van der Waals surface area contributed by atoms with Gasteiger partial charge in [0.2, 0.25) is 0 Å². The molecule has 0 spiro atoms. The van der Waals surface area contributed by atoms with E-state index >= 15 is 0 Å². The molecule has 0 aromatic heterocycles. The maximum Gasteiger partial charge on any atom is 0.333 e. The lowest BCUT2D eigenvalue weighted by Gasteiger charge is -2.03. The van der Waals surface area contributed by atoms with Crippen LogP contribution in [0.2, 0.25) is 0 Å². The van der Waals surface area contributed by atoms with Gasteiger partial charge in [0.1, 0.15) is 13.2 Å². The van der Waals surface area contributed by atoms with Gasteiger partial charge in [0, 0.05) is 5.57 Å². The number of hydrogen-bond acceptors (Lipinski definition) is 4. The minimum absolute atomic E-state index is 0.0406. The van der Waals surface area contributed by atoms with E-state index in [4.69, 9.17) is 5.11 Å². The van der Waals surface area contributed by atoms with Crippen molar-refractivity contribution in [1.29, 1.82) is 0 Å². The second-order valence-electron chi connectivity index (χ2n) is 2.36. The number of ether oxygens (including phenoxy) is 2. The van der Waals surface area contributed by atoms with Crippen LogP contribution in [0, 0.1) is 0 Å². The van der Waals surface area contributed by atoms with Gasteiger partial charge in [-0.05, 0) is 6.92 Å². The maximum atomic E-state index is 10.7. The van der Waals surface area contributed by atoms with Crippen molar-refractivity contribution in [2.24, 2.45) is 0 Å². The SMILES string of the molecule is C=C(C)C(=O)OCCOCC(=O)O. The van der Waals surface area contributed by atoms with Crippen LogP contribution in [0.15, 0.2) is 12.2 Å². The molecule has 5 nitrogen and oxygen atoms in total. The molecular formula is C8H12O5. The number of hydrogen-bond donors (Lipinski definition) is 1. The highest BCUT2D eigenvalue weighted by atomic mass is 16.6. The zero-order chi connectivity index (χ0) is 10.3. The van der Waals surface area contributed by atoms with Crippen molar-refractivity contribution in [2.45, 2.75) is 6.92 Å². The monoisotopic (exact) mass is 188 g/mol. The molecule has 0 amide bonds. The van der Waals surface area contributed by atoms with Crippen LogP contribution in [0.3, 0.4) is 0 Å². The highest BCUT2D eigenvalue weighted by molar-refractivity contribution is 5.86. The van der Waals surface area contributed by atoms with Crippen molar-refractivity contribution in [3.63, 3.8) is 0 Å². The van der Waals surface area contributed by atoms with Gasteiger partial charge >= 0.3 is 11.9 Å². The van der Waals surface area contributed by atoms with E-state index in [1.165, 1.54) is 6.92 Å². The van der Waals surface area contributed by atoms with Gasteiger partial charge in [-0.2, -0.15) is 0 Å². The average Bonchev–Trinajstić information content (AvgIpc) is 2.02. The molecule has 0 heterocycles. The first kappa shape index (κ1) is 11.6. The largest absolute Gasteiger partial charge is 0.480 e. The van der Waals surface area contributed by atoms with Crippen LogP contribution >= 0.6 is 0 Å². The van der Waals surface area contributed by atoms with E-state index in [9.17, 15) is 9.59 Å². The zero-order valence-corrected chi connectivity index (χ0v) is 7.41. The van der Waals surface area contributed by atoms with Crippen LogP contribution < -0.4 is 0 Å². The summed E-state index contributed by atoms with van der Waals surface area (Å²) in [7, 11) is 0. The normalized spacial score (nSPS) is 9.31. The fraction of sp³-hybridized carbons (Fsp3) is 0.500. The Balaban J connectivity index is 3.31. The predicted octanol–water partition coefficient (Wildman–Crippen LogP) is 0.207. The number of carboxylic acid groups (broad SMARTS) is 1. The molecule has 1 N–H and O–H groups in total. The van der Waals surface area contributed by atoms with E-state index in [0.717, 1.165) is 0 Å². The van der Waals surface area contributed by atoms with E-state index < -0.39 is 11.9 Å². The van der Waals surface area contributed by atoms with E-state index in [0.29, 0.717) is 5.57 Å². The van der Waals surface area contributed by atoms with Gasteiger partial charge in [0.25, 0.3) is 0 Å². The van der Waals surface area contributed by atoms with E-state index in [2.05, 4.69) is 16.1 Å². The van der Waals surface area contributed by atoms with Gasteiger partial charge in [-0.3, -0.25) is 0 Å². The van der Waals surface area contributed by atoms with Crippen LogP contribution in [0.5, 0.6) is 0 Å². The summed E-state index contributed by atoms with van der Waals surface area (Å²) in [4.78, 5) is 20.7. The first-order valence-corrected chi connectivity index (χ1v) is 3.66. The van der Waals surface area contributed by atoms with Crippen molar-refractivity contribution < 1.29 is 24.2 Å². The lowest BCUT2D eigenvalue weighted by atomic mass is 10.4. The predicted molar refractivity (Wildman–Crippen MR) is 44.2 cm³/mol. The number of aliphatic carboxylic acids is 1. The standard InChI is InChI=1S/C8H12O5/c1-6(2)8(11)13-4-3-12-5-7(9)10/h1,3-5H2,2H3,(H,9,10). The van der Waals surface area contributed by atoms with Crippen LogP contribution in [-0.4, -0.2) is 36.9 Å². The Hall–Kier alpha value is -1.36. The van der Waals surface area contributed by atoms with Crippen LogP contribution in [0.25, 0.3) is 0 Å². The first-order chi connectivity index (χ1) is 6.04. The number of esters is 1. The second kappa shape index (κ2) is 6.19. The smallest absolute Gasteiger partial charge is 0.333 e. The molecule has 0 rings (SSSR count). The summed E-state index contributed by atoms with van der Waals surface area (Å²) in [6.45, 7) is 4.63. The molecule has 0 aromatic carbocycles. The third kappa shape index (κ3) is 7.02. The highest BCUT2D eigenvalue weighted by Gasteiger charge is 2.02. The van der Waals surface area contributed by atoms with Crippen LogP contribution in [0.1, 0.15) is 6.92 Å².